The minimum Gasteiger partial charge on any atom is -0.508 e. The second kappa shape index (κ2) is 6.09. The Bertz CT molecular complexity index is 691. The zero-order valence-corrected chi connectivity index (χ0v) is 11.6. The summed E-state index contributed by atoms with van der Waals surface area (Å²) in [7, 11) is 0. The lowest BCUT2D eigenvalue weighted by Gasteiger charge is -2.10. The fraction of sp³-hybridized carbons (Fsp3) is 0.125. The number of phenols is 1. The molecule has 0 fully saturated rings. The van der Waals surface area contributed by atoms with Gasteiger partial charge in [-0.05, 0) is 42.8 Å². The Kier molecular flexibility index (Phi) is 4.23. The molecule has 0 bridgehead atoms. The van der Waals surface area contributed by atoms with E-state index >= 15 is 0 Å². The van der Waals surface area contributed by atoms with E-state index in [9.17, 15) is 14.7 Å². The summed E-state index contributed by atoms with van der Waals surface area (Å²) in [5.74, 6) is -0.592. The Hall–Kier alpha value is -2.82. The number of carbonyl (C=O) groups excluding carboxylic acids is 2. The van der Waals surface area contributed by atoms with E-state index in [1.54, 1.807) is 19.1 Å². The van der Waals surface area contributed by atoms with Gasteiger partial charge in [-0.1, -0.05) is 12.1 Å². The first kappa shape index (κ1) is 14.6. The first-order valence-electron chi connectivity index (χ1n) is 6.26. The van der Waals surface area contributed by atoms with E-state index in [0.29, 0.717) is 11.3 Å². The molecule has 1 N–H and O–H groups in total. The highest BCUT2D eigenvalue weighted by Gasteiger charge is 2.16. The highest BCUT2D eigenvalue weighted by molar-refractivity contribution is 5.94. The van der Waals surface area contributed by atoms with Gasteiger partial charge in [0, 0.05) is 6.92 Å². The van der Waals surface area contributed by atoms with Crippen molar-refractivity contribution in [2.45, 2.75) is 13.8 Å². The monoisotopic (exact) mass is 286 g/mol. The molecule has 0 aliphatic heterocycles. The molecule has 0 aliphatic carbocycles. The first-order valence-corrected chi connectivity index (χ1v) is 6.26. The Labute approximate surface area is 121 Å². The molecule has 0 aliphatic rings. The maximum Gasteiger partial charge on any atom is 0.347 e. The molecule has 5 heteroatoms. The second-order valence-electron chi connectivity index (χ2n) is 4.43. The molecule has 5 nitrogen and oxygen atoms in total. The number of hydrogen-bond acceptors (Lipinski definition) is 5. The van der Waals surface area contributed by atoms with Gasteiger partial charge in [-0.25, -0.2) is 4.79 Å². The van der Waals surface area contributed by atoms with Crippen LogP contribution in [0.15, 0.2) is 42.5 Å². The predicted molar refractivity (Wildman–Crippen MR) is 75.6 cm³/mol. The van der Waals surface area contributed by atoms with Gasteiger partial charge in [-0.15, -0.1) is 0 Å². The molecule has 21 heavy (non-hydrogen) atoms. The van der Waals surface area contributed by atoms with Gasteiger partial charge in [0.1, 0.15) is 22.8 Å². The molecule has 2 aromatic rings. The minimum atomic E-state index is -0.638. The summed E-state index contributed by atoms with van der Waals surface area (Å²) in [5.41, 5.74) is 0.772. The molecule has 0 atom stereocenters. The predicted octanol–water partition coefficient (Wildman–Crippen LogP) is 2.85. The molecule has 0 amide bonds. The quantitative estimate of drug-likeness (QED) is 0.693. The van der Waals surface area contributed by atoms with E-state index in [4.69, 9.17) is 9.47 Å². The zero-order chi connectivity index (χ0) is 15.4. The molecule has 0 spiro atoms. The van der Waals surface area contributed by atoms with Gasteiger partial charge in [0.05, 0.1) is 0 Å². The number of aryl methyl sites for hydroxylation is 1. The van der Waals surface area contributed by atoms with Crippen LogP contribution in [0.2, 0.25) is 0 Å². The standard InChI is InChI=1S/C16H14O5/c1-10-9-12(18)7-8-14(10)21-16(19)13-5-3-4-6-15(13)20-11(2)17/h3-9,18H,1-2H3. The van der Waals surface area contributed by atoms with E-state index in [1.165, 1.54) is 37.3 Å². The van der Waals surface area contributed by atoms with E-state index in [0.717, 1.165) is 0 Å². The van der Waals surface area contributed by atoms with Crippen molar-refractivity contribution in [2.75, 3.05) is 0 Å². The van der Waals surface area contributed by atoms with E-state index < -0.39 is 11.9 Å². The molecule has 0 saturated carbocycles. The number of hydrogen-bond donors (Lipinski definition) is 1. The lowest BCUT2D eigenvalue weighted by molar-refractivity contribution is -0.131. The number of benzene rings is 2. The molecule has 108 valence electrons. The van der Waals surface area contributed by atoms with Gasteiger partial charge in [-0.2, -0.15) is 0 Å². The lowest BCUT2D eigenvalue weighted by Crippen LogP contribution is -2.13. The SMILES string of the molecule is CC(=O)Oc1ccccc1C(=O)Oc1ccc(O)cc1C. The fourth-order valence-electron chi connectivity index (χ4n) is 1.78. The minimum absolute atomic E-state index is 0.0904. The van der Waals surface area contributed by atoms with Crippen LogP contribution >= 0.6 is 0 Å². The Morgan fingerprint density at radius 3 is 2.38 bits per heavy atom. The van der Waals surface area contributed by atoms with Crippen LogP contribution in [-0.2, 0) is 4.79 Å². The summed E-state index contributed by atoms with van der Waals surface area (Å²) in [6.45, 7) is 2.96. The van der Waals surface area contributed by atoms with Crippen molar-refractivity contribution < 1.29 is 24.2 Å². The largest absolute Gasteiger partial charge is 0.508 e. The number of aromatic hydroxyl groups is 1. The average molecular weight is 286 g/mol. The third kappa shape index (κ3) is 3.60. The molecule has 0 radical (unpaired) electrons. The average Bonchev–Trinajstić information content (AvgIpc) is 2.42. The van der Waals surface area contributed by atoms with E-state index in [1.807, 2.05) is 0 Å². The number of rotatable bonds is 3. The molecule has 2 rings (SSSR count). The van der Waals surface area contributed by atoms with Crippen molar-refractivity contribution in [3.05, 3.63) is 53.6 Å². The smallest absolute Gasteiger partial charge is 0.347 e. The van der Waals surface area contributed by atoms with Crippen LogP contribution in [0.1, 0.15) is 22.8 Å². The van der Waals surface area contributed by atoms with Gasteiger partial charge >= 0.3 is 11.9 Å². The highest BCUT2D eigenvalue weighted by Crippen LogP contribution is 2.25. The van der Waals surface area contributed by atoms with Crippen molar-refractivity contribution in [3.8, 4) is 17.2 Å². The van der Waals surface area contributed by atoms with E-state index in [-0.39, 0.29) is 17.1 Å². The summed E-state index contributed by atoms with van der Waals surface area (Å²) in [4.78, 5) is 23.2. The van der Waals surface area contributed by atoms with Crippen LogP contribution in [0.3, 0.4) is 0 Å². The van der Waals surface area contributed by atoms with Crippen molar-refractivity contribution in [1.29, 1.82) is 0 Å². The first-order chi connectivity index (χ1) is 9.97. The van der Waals surface area contributed by atoms with Crippen molar-refractivity contribution in [2.24, 2.45) is 0 Å². The van der Waals surface area contributed by atoms with Crippen LogP contribution < -0.4 is 9.47 Å². The second-order valence-corrected chi connectivity index (χ2v) is 4.43. The maximum absolute atomic E-state index is 12.2. The van der Waals surface area contributed by atoms with Crippen LogP contribution in [0.25, 0.3) is 0 Å². The maximum atomic E-state index is 12.2. The third-order valence-corrected chi connectivity index (χ3v) is 2.72. The van der Waals surface area contributed by atoms with E-state index in [2.05, 4.69) is 0 Å². The molecular weight excluding hydrogens is 272 g/mol. The summed E-state index contributed by atoms with van der Waals surface area (Å²) in [6, 6.07) is 10.7. The molecule has 0 unspecified atom stereocenters. The fourth-order valence-corrected chi connectivity index (χ4v) is 1.78. The molecule has 0 saturated heterocycles. The third-order valence-electron chi connectivity index (χ3n) is 2.72. The normalized spacial score (nSPS) is 10.0. The lowest BCUT2D eigenvalue weighted by atomic mass is 10.2. The van der Waals surface area contributed by atoms with Crippen LogP contribution in [0.4, 0.5) is 0 Å². The van der Waals surface area contributed by atoms with Gasteiger partial charge in [0.15, 0.2) is 0 Å². The zero-order valence-electron chi connectivity index (χ0n) is 11.6. The summed E-state index contributed by atoms with van der Waals surface area (Å²) >= 11 is 0. The Morgan fingerprint density at radius 2 is 1.71 bits per heavy atom. The number of phenolic OH excluding ortho intramolecular Hbond substituents is 1. The van der Waals surface area contributed by atoms with Gasteiger partial charge in [0.25, 0.3) is 0 Å². The number of para-hydroxylation sites is 1. The summed E-state index contributed by atoms with van der Waals surface area (Å²) in [5, 5.41) is 9.33. The Morgan fingerprint density at radius 1 is 1.00 bits per heavy atom. The van der Waals surface area contributed by atoms with Gasteiger partial charge in [0.2, 0.25) is 0 Å². The van der Waals surface area contributed by atoms with Crippen LogP contribution in [0.5, 0.6) is 17.2 Å². The summed E-state index contributed by atoms with van der Waals surface area (Å²) < 4.78 is 10.2. The topological polar surface area (TPSA) is 72.8 Å². The molecular formula is C16H14O5. The van der Waals surface area contributed by atoms with Crippen molar-refractivity contribution in [3.63, 3.8) is 0 Å². The van der Waals surface area contributed by atoms with Crippen molar-refractivity contribution in [1.82, 2.24) is 0 Å². The number of ether oxygens (including phenoxy) is 2. The number of carbonyl (C=O) groups is 2. The van der Waals surface area contributed by atoms with Crippen LogP contribution in [-0.4, -0.2) is 17.0 Å². The highest BCUT2D eigenvalue weighted by atomic mass is 16.5. The molecule has 2 aromatic carbocycles. The Balaban J connectivity index is 2.26. The van der Waals surface area contributed by atoms with Crippen LogP contribution in [0, 0.1) is 6.92 Å². The molecule has 0 heterocycles. The van der Waals surface area contributed by atoms with Gasteiger partial charge in [-0.3, -0.25) is 4.79 Å². The number of esters is 2. The summed E-state index contributed by atoms with van der Waals surface area (Å²) in [6.07, 6.45) is 0. The van der Waals surface area contributed by atoms with Gasteiger partial charge < -0.3 is 14.6 Å². The molecule has 0 aromatic heterocycles. The van der Waals surface area contributed by atoms with Crippen molar-refractivity contribution >= 4 is 11.9 Å².